The van der Waals surface area contributed by atoms with E-state index in [2.05, 4.69) is 4.84 Å². The summed E-state index contributed by atoms with van der Waals surface area (Å²) in [5.74, 6) is 0. The highest BCUT2D eigenvalue weighted by atomic mass is 16.9. The molecule has 0 spiro atoms. The van der Waals surface area contributed by atoms with Crippen molar-refractivity contribution in [3.05, 3.63) is 10.1 Å². The Bertz CT molecular complexity index is 337. The summed E-state index contributed by atoms with van der Waals surface area (Å²) in [5.41, 5.74) is 0. The molecule has 1 saturated heterocycles. The van der Waals surface area contributed by atoms with Crippen molar-refractivity contribution in [3.8, 4) is 0 Å². The molecule has 9 nitrogen and oxygen atoms in total. The van der Waals surface area contributed by atoms with Crippen LogP contribution in [0.15, 0.2) is 0 Å². The summed E-state index contributed by atoms with van der Waals surface area (Å²) >= 11 is 0. The molecule has 0 bridgehead atoms. The first kappa shape index (κ1) is 16.0. The van der Waals surface area contributed by atoms with Crippen molar-refractivity contribution in [3.63, 3.8) is 0 Å². The number of hydrogen-bond acceptors (Lipinski definition) is 7. The first-order valence-corrected chi connectivity index (χ1v) is 6.41. The van der Waals surface area contributed by atoms with Gasteiger partial charge in [-0.15, -0.1) is 10.1 Å². The molecule has 1 aliphatic rings. The Hall–Kier alpha value is -2.06. The van der Waals surface area contributed by atoms with Crippen LogP contribution in [0.25, 0.3) is 0 Å². The summed E-state index contributed by atoms with van der Waals surface area (Å²) in [4.78, 5) is 37.5. The molecule has 20 heavy (non-hydrogen) atoms. The van der Waals surface area contributed by atoms with Crippen LogP contribution in [0.1, 0.15) is 25.7 Å². The van der Waals surface area contributed by atoms with Crippen LogP contribution in [0.4, 0.5) is 4.79 Å². The monoisotopic (exact) mass is 290 g/mol. The number of unbranched alkanes of at least 4 members (excludes halogenated alkanes) is 1. The zero-order valence-electron chi connectivity index (χ0n) is 11.1. The lowest BCUT2D eigenvalue weighted by Crippen LogP contribution is -2.32. The molecule has 0 aromatic rings. The van der Waals surface area contributed by atoms with Crippen molar-refractivity contribution in [1.82, 2.24) is 4.90 Å². The molecule has 1 unspecified atom stereocenters. The molecule has 0 radical (unpaired) electrons. The Morgan fingerprint density at radius 2 is 2.10 bits per heavy atom. The summed E-state index contributed by atoms with van der Waals surface area (Å²) in [6.45, 7) is 0.898. The lowest BCUT2D eigenvalue weighted by Gasteiger charge is -2.19. The van der Waals surface area contributed by atoms with Crippen molar-refractivity contribution in [1.29, 1.82) is 0 Å². The molecule has 1 atom stereocenters. The van der Waals surface area contributed by atoms with Gasteiger partial charge < -0.3 is 19.2 Å². The Labute approximate surface area is 115 Å². The number of ether oxygens (including phenoxy) is 2. The first-order chi connectivity index (χ1) is 9.63. The van der Waals surface area contributed by atoms with Gasteiger partial charge in [-0.05, 0) is 25.7 Å². The first-order valence-electron chi connectivity index (χ1n) is 6.41. The number of likely N-dealkylation sites (tertiary alicyclic amines) is 1. The zero-order chi connectivity index (χ0) is 14.8. The summed E-state index contributed by atoms with van der Waals surface area (Å²) in [6.07, 6.45) is 2.53. The van der Waals surface area contributed by atoms with Gasteiger partial charge in [-0.3, -0.25) is 4.79 Å². The quantitative estimate of drug-likeness (QED) is 0.203. The van der Waals surface area contributed by atoms with Crippen LogP contribution in [-0.2, 0) is 19.1 Å². The van der Waals surface area contributed by atoms with Crippen LogP contribution >= 0.6 is 0 Å². The molecule has 0 aliphatic carbocycles. The van der Waals surface area contributed by atoms with Gasteiger partial charge in [0.1, 0.15) is 6.61 Å². The van der Waals surface area contributed by atoms with Gasteiger partial charge in [0.2, 0.25) is 6.41 Å². The summed E-state index contributed by atoms with van der Waals surface area (Å²) in [6, 6.07) is -0.0754. The van der Waals surface area contributed by atoms with Gasteiger partial charge in [0, 0.05) is 6.54 Å². The molecule has 9 heteroatoms. The Morgan fingerprint density at radius 3 is 2.80 bits per heavy atom. The molecule has 0 aromatic heterocycles. The van der Waals surface area contributed by atoms with Gasteiger partial charge in [-0.2, -0.15) is 0 Å². The Morgan fingerprint density at radius 1 is 1.35 bits per heavy atom. The second-order valence-electron chi connectivity index (χ2n) is 4.31. The summed E-state index contributed by atoms with van der Waals surface area (Å²) in [7, 11) is 0. The number of hydrogen-bond donors (Lipinski definition) is 0. The fraction of sp³-hybridized carbons (Fsp3) is 0.818. The lowest BCUT2D eigenvalue weighted by atomic mass is 10.2. The van der Waals surface area contributed by atoms with E-state index in [1.54, 1.807) is 4.90 Å². The topological polar surface area (TPSA) is 108 Å². The Kier molecular flexibility index (Phi) is 7.15. The predicted octanol–water partition coefficient (Wildman–Crippen LogP) is 0.749. The van der Waals surface area contributed by atoms with E-state index in [-0.39, 0.29) is 25.9 Å². The SMILES string of the molecule is O=CN1CCCC1COC(=O)OCCCCO[N+](=O)[O-]. The highest BCUT2D eigenvalue weighted by Gasteiger charge is 2.24. The number of carbonyl (C=O) groups is 2. The van der Waals surface area contributed by atoms with Gasteiger partial charge in [0.15, 0.2) is 0 Å². The van der Waals surface area contributed by atoms with Crippen LogP contribution in [0, 0.1) is 10.1 Å². The molecule has 1 aliphatic heterocycles. The van der Waals surface area contributed by atoms with Crippen LogP contribution in [0.3, 0.4) is 0 Å². The van der Waals surface area contributed by atoms with Crippen LogP contribution in [0.5, 0.6) is 0 Å². The molecular weight excluding hydrogens is 272 g/mol. The van der Waals surface area contributed by atoms with Crippen molar-refractivity contribution >= 4 is 12.6 Å². The molecule has 1 amide bonds. The maximum Gasteiger partial charge on any atom is 0.508 e. The van der Waals surface area contributed by atoms with Gasteiger partial charge in [0.05, 0.1) is 19.3 Å². The maximum absolute atomic E-state index is 11.2. The van der Waals surface area contributed by atoms with Gasteiger partial charge in [-0.25, -0.2) is 4.79 Å². The van der Waals surface area contributed by atoms with E-state index in [0.29, 0.717) is 19.4 Å². The second-order valence-corrected chi connectivity index (χ2v) is 4.31. The molecule has 114 valence electrons. The van der Waals surface area contributed by atoms with E-state index in [1.807, 2.05) is 0 Å². The molecule has 0 aromatic carbocycles. The minimum absolute atomic E-state index is 0.0260. The van der Waals surface area contributed by atoms with Crippen LogP contribution in [0.2, 0.25) is 0 Å². The molecule has 0 N–H and O–H groups in total. The number of rotatable bonds is 9. The van der Waals surface area contributed by atoms with Gasteiger partial charge >= 0.3 is 6.16 Å². The normalized spacial score (nSPS) is 17.6. The fourth-order valence-electron chi connectivity index (χ4n) is 1.88. The molecule has 1 heterocycles. The largest absolute Gasteiger partial charge is 0.508 e. The average molecular weight is 290 g/mol. The minimum Gasteiger partial charge on any atom is -0.434 e. The minimum atomic E-state index is -0.866. The number of nitrogens with zero attached hydrogens (tertiary/aromatic N) is 2. The van der Waals surface area contributed by atoms with Crippen LogP contribution < -0.4 is 0 Å². The standard InChI is InChI=1S/C11H18N2O7/c14-9-12-5-3-4-10(12)8-19-11(15)18-6-1-2-7-20-13(16)17/h9-10H,1-8H2. The lowest BCUT2D eigenvalue weighted by molar-refractivity contribution is -0.757. The van der Waals surface area contributed by atoms with Gasteiger partial charge in [-0.1, -0.05) is 0 Å². The molecule has 1 rings (SSSR count). The van der Waals surface area contributed by atoms with Crippen molar-refractivity contribution in [2.75, 3.05) is 26.4 Å². The number of amides is 1. The van der Waals surface area contributed by atoms with Gasteiger partial charge in [0.25, 0.3) is 5.09 Å². The highest BCUT2D eigenvalue weighted by molar-refractivity contribution is 5.59. The van der Waals surface area contributed by atoms with Crippen LogP contribution in [-0.4, -0.2) is 55.0 Å². The second kappa shape index (κ2) is 8.94. The van der Waals surface area contributed by atoms with E-state index >= 15 is 0 Å². The summed E-state index contributed by atoms with van der Waals surface area (Å²) < 4.78 is 9.69. The fourth-order valence-corrected chi connectivity index (χ4v) is 1.88. The molecular formula is C11H18N2O7. The smallest absolute Gasteiger partial charge is 0.434 e. The molecule has 0 saturated carbocycles. The average Bonchev–Trinajstić information content (AvgIpc) is 2.87. The zero-order valence-corrected chi connectivity index (χ0v) is 11.1. The van der Waals surface area contributed by atoms with E-state index in [4.69, 9.17) is 9.47 Å². The predicted molar refractivity (Wildman–Crippen MR) is 65.3 cm³/mol. The van der Waals surface area contributed by atoms with Crippen molar-refractivity contribution in [2.45, 2.75) is 31.7 Å². The van der Waals surface area contributed by atoms with Crippen molar-refractivity contribution < 1.29 is 29.0 Å². The summed E-state index contributed by atoms with van der Waals surface area (Å²) in [5, 5.41) is 8.99. The van der Waals surface area contributed by atoms with E-state index in [0.717, 1.165) is 19.3 Å². The third-order valence-corrected chi connectivity index (χ3v) is 2.91. The maximum atomic E-state index is 11.2. The third-order valence-electron chi connectivity index (χ3n) is 2.91. The van der Waals surface area contributed by atoms with E-state index < -0.39 is 11.2 Å². The third kappa shape index (κ3) is 6.21. The number of carbonyl (C=O) groups excluding carboxylic acids is 2. The van der Waals surface area contributed by atoms with E-state index in [1.165, 1.54) is 0 Å². The highest BCUT2D eigenvalue weighted by Crippen LogP contribution is 2.15. The molecule has 1 fully saturated rings. The van der Waals surface area contributed by atoms with E-state index in [9.17, 15) is 19.7 Å². The van der Waals surface area contributed by atoms with Crippen molar-refractivity contribution in [2.24, 2.45) is 0 Å². The Balaban J connectivity index is 2.00.